The number of benzene rings is 1. The van der Waals surface area contributed by atoms with Gasteiger partial charge in [0, 0.05) is 20.3 Å². The van der Waals surface area contributed by atoms with Gasteiger partial charge in [0.2, 0.25) is 0 Å². The van der Waals surface area contributed by atoms with Gasteiger partial charge in [-0.25, -0.2) is 4.84 Å². The second kappa shape index (κ2) is 6.47. The number of nitrogens with zero attached hydrogens (tertiary/aromatic N) is 3. The quantitative estimate of drug-likeness (QED) is 0.916. The highest BCUT2D eigenvalue weighted by Gasteiger charge is 2.30. The summed E-state index contributed by atoms with van der Waals surface area (Å²) in [7, 11) is 3.23. The maximum atomic E-state index is 12.5. The summed E-state index contributed by atoms with van der Waals surface area (Å²) in [6, 6.07) is 4.65. The van der Waals surface area contributed by atoms with E-state index in [0.29, 0.717) is 5.69 Å². The number of halogens is 3. The Morgan fingerprint density at radius 3 is 2.35 bits per heavy atom. The molecule has 0 bridgehead atoms. The summed E-state index contributed by atoms with van der Waals surface area (Å²) in [5.41, 5.74) is 2.54. The van der Waals surface area contributed by atoms with Gasteiger partial charge in [-0.1, -0.05) is 0 Å². The number of alkyl halides is 3. The number of nitrogens with one attached hydrogen (secondary N) is 1. The van der Waals surface area contributed by atoms with E-state index < -0.39 is 17.8 Å². The second-order valence-electron chi connectivity index (χ2n) is 5.12. The number of carbonyl (C=O) groups excluding carboxylic acids is 1. The van der Waals surface area contributed by atoms with Crippen molar-refractivity contribution in [3.63, 3.8) is 0 Å². The Labute approximate surface area is 131 Å². The number of anilines is 1. The SMILES string of the molecule is CC(ON1C=CN(c2ccc(C(F)(F)F)cc2)N1)C(=O)N(C)C. The van der Waals surface area contributed by atoms with E-state index in [9.17, 15) is 18.0 Å². The highest BCUT2D eigenvalue weighted by molar-refractivity contribution is 5.79. The van der Waals surface area contributed by atoms with Crippen molar-refractivity contribution in [3.05, 3.63) is 42.2 Å². The third-order valence-corrected chi connectivity index (χ3v) is 3.09. The molecule has 2 rings (SSSR count). The van der Waals surface area contributed by atoms with Crippen molar-refractivity contribution >= 4 is 11.6 Å². The van der Waals surface area contributed by atoms with E-state index in [1.807, 2.05) is 0 Å². The average molecular weight is 330 g/mol. The molecule has 23 heavy (non-hydrogen) atoms. The van der Waals surface area contributed by atoms with Crippen LogP contribution in [0.15, 0.2) is 36.7 Å². The molecule has 0 radical (unpaired) electrons. The topological polar surface area (TPSA) is 48.1 Å². The zero-order chi connectivity index (χ0) is 17.2. The fourth-order valence-electron chi connectivity index (χ4n) is 1.89. The molecule has 1 aliphatic rings. The number of amides is 1. The van der Waals surface area contributed by atoms with E-state index in [1.165, 1.54) is 33.4 Å². The van der Waals surface area contributed by atoms with Crippen LogP contribution in [-0.2, 0) is 15.8 Å². The summed E-state index contributed by atoms with van der Waals surface area (Å²) in [5.74, 6) is -0.215. The van der Waals surface area contributed by atoms with Crippen molar-refractivity contribution < 1.29 is 22.8 Å². The molecule has 1 amide bonds. The predicted octanol–water partition coefficient (Wildman–Crippen LogP) is 2.13. The zero-order valence-electron chi connectivity index (χ0n) is 12.8. The summed E-state index contributed by atoms with van der Waals surface area (Å²) >= 11 is 0. The molecule has 1 aliphatic heterocycles. The van der Waals surface area contributed by atoms with Gasteiger partial charge >= 0.3 is 6.18 Å². The highest BCUT2D eigenvalue weighted by atomic mass is 19.4. The largest absolute Gasteiger partial charge is 0.416 e. The van der Waals surface area contributed by atoms with E-state index in [1.54, 1.807) is 27.2 Å². The maximum Gasteiger partial charge on any atom is 0.416 e. The van der Waals surface area contributed by atoms with Crippen LogP contribution in [0.4, 0.5) is 18.9 Å². The number of hydrazine groups is 2. The van der Waals surface area contributed by atoms with Crippen LogP contribution >= 0.6 is 0 Å². The summed E-state index contributed by atoms with van der Waals surface area (Å²) in [5, 5.41) is 2.68. The van der Waals surface area contributed by atoms with Crippen LogP contribution in [-0.4, -0.2) is 36.2 Å². The van der Waals surface area contributed by atoms with Gasteiger partial charge in [-0.05, 0) is 31.2 Å². The van der Waals surface area contributed by atoms with E-state index in [0.717, 1.165) is 12.1 Å². The van der Waals surface area contributed by atoms with Gasteiger partial charge < -0.3 is 4.90 Å². The third kappa shape index (κ3) is 4.14. The van der Waals surface area contributed by atoms with Crippen LogP contribution < -0.4 is 10.5 Å². The lowest BCUT2D eigenvalue weighted by Crippen LogP contribution is -2.44. The first-order valence-corrected chi connectivity index (χ1v) is 6.77. The van der Waals surface area contributed by atoms with Crippen molar-refractivity contribution in [3.8, 4) is 0 Å². The predicted molar refractivity (Wildman–Crippen MR) is 77.3 cm³/mol. The minimum atomic E-state index is -4.37. The van der Waals surface area contributed by atoms with E-state index in [2.05, 4.69) is 5.53 Å². The van der Waals surface area contributed by atoms with Gasteiger partial charge in [-0.15, -0.1) is 5.53 Å². The Balaban J connectivity index is 1.96. The second-order valence-corrected chi connectivity index (χ2v) is 5.12. The average Bonchev–Trinajstić information content (AvgIpc) is 2.94. The molecule has 1 aromatic carbocycles. The summed E-state index contributed by atoms with van der Waals surface area (Å²) in [6.45, 7) is 1.60. The number of rotatable bonds is 4. The number of hydrogen-bond acceptors (Lipinski definition) is 5. The third-order valence-electron chi connectivity index (χ3n) is 3.09. The molecule has 6 nitrogen and oxygen atoms in total. The molecule has 1 unspecified atom stereocenters. The van der Waals surface area contributed by atoms with Crippen LogP contribution in [0.3, 0.4) is 0 Å². The Hall–Kier alpha value is -2.26. The molecule has 0 saturated heterocycles. The molecule has 0 aromatic heterocycles. The first-order chi connectivity index (χ1) is 10.7. The van der Waals surface area contributed by atoms with Gasteiger partial charge in [-0.3, -0.25) is 9.80 Å². The van der Waals surface area contributed by atoms with Crippen LogP contribution in [0.5, 0.6) is 0 Å². The van der Waals surface area contributed by atoms with E-state index in [-0.39, 0.29) is 5.91 Å². The van der Waals surface area contributed by atoms with Crippen molar-refractivity contribution in [2.24, 2.45) is 0 Å². The molecule has 0 aliphatic carbocycles. The zero-order valence-corrected chi connectivity index (χ0v) is 12.8. The number of carbonyl (C=O) groups is 1. The summed E-state index contributed by atoms with van der Waals surface area (Å²) in [6.07, 6.45) is -2.01. The molecule has 0 saturated carbocycles. The van der Waals surface area contributed by atoms with Gasteiger partial charge in [0.15, 0.2) is 6.10 Å². The normalized spacial score (nSPS) is 15.9. The lowest BCUT2D eigenvalue weighted by atomic mass is 10.2. The van der Waals surface area contributed by atoms with Gasteiger partial charge in [0.25, 0.3) is 5.91 Å². The lowest BCUT2D eigenvalue weighted by molar-refractivity contribution is -0.195. The Morgan fingerprint density at radius 1 is 1.22 bits per heavy atom. The monoisotopic (exact) mass is 330 g/mol. The molecule has 1 heterocycles. The first kappa shape index (κ1) is 17.1. The highest BCUT2D eigenvalue weighted by Crippen LogP contribution is 2.30. The smallest absolute Gasteiger partial charge is 0.346 e. The van der Waals surface area contributed by atoms with Crippen LogP contribution in [0.2, 0.25) is 0 Å². The Kier molecular flexibility index (Phi) is 4.81. The molecular formula is C14H17F3N4O2. The molecule has 9 heteroatoms. The minimum absolute atomic E-state index is 0.215. The van der Waals surface area contributed by atoms with Crippen molar-refractivity contribution in [1.82, 2.24) is 15.6 Å². The number of likely N-dealkylation sites (N-methyl/N-ethyl adjacent to an activating group) is 1. The van der Waals surface area contributed by atoms with E-state index >= 15 is 0 Å². The van der Waals surface area contributed by atoms with Gasteiger partial charge in [0.1, 0.15) is 0 Å². The molecule has 126 valence electrons. The minimum Gasteiger partial charge on any atom is -0.346 e. The number of hydroxylamine groups is 1. The molecule has 1 N–H and O–H groups in total. The lowest BCUT2D eigenvalue weighted by Gasteiger charge is -2.25. The summed E-state index contributed by atoms with van der Waals surface area (Å²) < 4.78 is 37.6. The standard InChI is InChI=1S/C14H17F3N4O2/c1-10(13(22)19(2)3)23-21-9-8-20(18-21)12-6-4-11(5-7-12)14(15,16)17/h4-10,18H,1-3H3. The van der Waals surface area contributed by atoms with Gasteiger partial charge in [-0.2, -0.15) is 18.3 Å². The van der Waals surface area contributed by atoms with Crippen molar-refractivity contribution in [1.29, 1.82) is 0 Å². The maximum absolute atomic E-state index is 12.5. The Morgan fingerprint density at radius 2 is 1.83 bits per heavy atom. The molecule has 0 spiro atoms. The molecule has 0 fully saturated rings. The van der Waals surface area contributed by atoms with Crippen LogP contribution in [0, 0.1) is 0 Å². The molecule has 1 atom stereocenters. The molecule has 1 aromatic rings. The van der Waals surface area contributed by atoms with Crippen LogP contribution in [0.1, 0.15) is 12.5 Å². The van der Waals surface area contributed by atoms with Gasteiger partial charge in [0.05, 0.1) is 17.5 Å². The Bertz CT molecular complexity index is 587. The molecular weight excluding hydrogens is 313 g/mol. The summed E-state index contributed by atoms with van der Waals surface area (Å²) in [4.78, 5) is 18.5. The van der Waals surface area contributed by atoms with Crippen molar-refractivity contribution in [2.75, 3.05) is 19.1 Å². The van der Waals surface area contributed by atoms with Crippen LogP contribution in [0.25, 0.3) is 0 Å². The van der Waals surface area contributed by atoms with Crippen molar-refractivity contribution in [2.45, 2.75) is 19.2 Å². The fraction of sp³-hybridized carbons (Fsp3) is 0.357. The fourth-order valence-corrected chi connectivity index (χ4v) is 1.89. The first-order valence-electron chi connectivity index (χ1n) is 6.77. The number of hydrogen-bond donors (Lipinski definition) is 1. The van der Waals surface area contributed by atoms with E-state index in [4.69, 9.17) is 4.84 Å².